The van der Waals surface area contributed by atoms with Crippen molar-refractivity contribution in [1.82, 2.24) is 0 Å². The SMILES string of the molecule is C=CCCCCCCCCCCCCCCCCO[C@@H]1[C@H]([C@H](O)CO)OC[C@@H]1O. The molecular formula is C24H46O5. The zero-order chi connectivity index (χ0) is 21.2. The van der Waals surface area contributed by atoms with Crippen LogP contribution >= 0.6 is 0 Å². The van der Waals surface area contributed by atoms with Crippen molar-refractivity contribution in [3.63, 3.8) is 0 Å². The van der Waals surface area contributed by atoms with E-state index in [2.05, 4.69) is 6.58 Å². The average Bonchev–Trinajstić information content (AvgIpc) is 3.10. The van der Waals surface area contributed by atoms with Crippen LogP contribution in [0.25, 0.3) is 0 Å². The maximum atomic E-state index is 9.89. The summed E-state index contributed by atoms with van der Waals surface area (Å²) >= 11 is 0. The van der Waals surface area contributed by atoms with Gasteiger partial charge in [0.1, 0.15) is 24.4 Å². The summed E-state index contributed by atoms with van der Waals surface area (Å²) in [5.41, 5.74) is 0. The van der Waals surface area contributed by atoms with Crippen molar-refractivity contribution >= 4 is 0 Å². The van der Waals surface area contributed by atoms with Crippen LogP contribution in [0.15, 0.2) is 12.7 Å². The Hall–Kier alpha value is -0.460. The van der Waals surface area contributed by atoms with Crippen LogP contribution in [-0.2, 0) is 9.47 Å². The molecule has 1 saturated heterocycles. The van der Waals surface area contributed by atoms with Crippen LogP contribution in [-0.4, -0.2) is 59.6 Å². The van der Waals surface area contributed by atoms with Crippen molar-refractivity contribution < 1.29 is 24.8 Å². The highest BCUT2D eigenvalue weighted by Gasteiger charge is 2.40. The van der Waals surface area contributed by atoms with Gasteiger partial charge in [-0.15, -0.1) is 6.58 Å². The summed E-state index contributed by atoms with van der Waals surface area (Å²) in [6.07, 6.45) is 18.5. The molecule has 0 bridgehead atoms. The van der Waals surface area contributed by atoms with Crippen LogP contribution < -0.4 is 0 Å². The first kappa shape index (κ1) is 26.6. The molecular weight excluding hydrogens is 368 g/mol. The molecule has 5 heteroatoms. The lowest BCUT2D eigenvalue weighted by Crippen LogP contribution is -2.42. The molecule has 0 radical (unpaired) electrons. The summed E-state index contributed by atoms with van der Waals surface area (Å²) in [7, 11) is 0. The zero-order valence-electron chi connectivity index (χ0n) is 18.5. The predicted molar refractivity (Wildman–Crippen MR) is 118 cm³/mol. The molecule has 0 aromatic heterocycles. The molecule has 0 aromatic rings. The van der Waals surface area contributed by atoms with E-state index < -0.39 is 24.4 Å². The molecule has 0 unspecified atom stereocenters. The Morgan fingerprint density at radius 2 is 1.34 bits per heavy atom. The zero-order valence-corrected chi connectivity index (χ0v) is 18.5. The Balaban J connectivity index is 1.83. The molecule has 1 aliphatic rings. The molecule has 0 spiro atoms. The topological polar surface area (TPSA) is 79.2 Å². The number of aliphatic hydroxyl groups is 3. The molecule has 1 fully saturated rings. The summed E-state index contributed by atoms with van der Waals surface area (Å²) in [4.78, 5) is 0. The van der Waals surface area contributed by atoms with Crippen molar-refractivity contribution in [2.45, 2.75) is 121 Å². The maximum absolute atomic E-state index is 9.89. The lowest BCUT2D eigenvalue weighted by Gasteiger charge is -2.23. The molecule has 5 nitrogen and oxygen atoms in total. The minimum Gasteiger partial charge on any atom is -0.394 e. The molecule has 0 aliphatic carbocycles. The Kier molecular flexibility index (Phi) is 16.8. The number of ether oxygens (including phenoxy) is 2. The van der Waals surface area contributed by atoms with E-state index in [-0.39, 0.29) is 13.2 Å². The summed E-state index contributed by atoms with van der Waals surface area (Å²) < 4.78 is 11.0. The molecule has 1 rings (SSSR count). The minimum atomic E-state index is -1.00. The first-order valence-electron chi connectivity index (χ1n) is 12.0. The molecule has 29 heavy (non-hydrogen) atoms. The van der Waals surface area contributed by atoms with Gasteiger partial charge in [0.05, 0.1) is 13.2 Å². The van der Waals surface area contributed by atoms with E-state index in [1.165, 1.54) is 83.5 Å². The standard InChI is InChI=1S/C24H46O5/c1-2-3-4-5-6-7-8-9-10-11-12-13-14-15-16-17-18-28-24-22(27)20-29-23(24)21(26)19-25/h2,21-27H,1,3-20H2/t21-,22+,23+,24+/m1/s1. The number of aliphatic hydroxyl groups excluding tert-OH is 3. The third kappa shape index (κ3) is 12.7. The molecule has 4 atom stereocenters. The summed E-state index contributed by atoms with van der Waals surface area (Å²) in [5.74, 6) is 0. The van der Waals surface area contributed by atoms with E-state index >= 15 is 0 Å². The quantitative estimate of drug-likeness (QED) is 0.202. The van der Waals surface area contributed by atoms with Crippen molar-refractivity contribution in [1.29, 1.82) is 0 Å². The van der Waals surface area contributed by atoms with Crippen molar-refractivity contribution in [3.8, 4) is 0 Å². The highest BCUT2D eigenvalue weighted by atomic mass is 16.6. The Morgan fingerprint density at radius 1 is 0.862 bits per heavy atom. The van der Waals surface area contributed by atoms with E-state index in [4.69, 9.17) is 14.6 Å². The lowest BCUT2D eigenvalue weighted by molar-refractivity contribution is -0.0938. The Labute approximate surface area is 178 Å². The van der Waals surface area contributed by atoms with Crippen molar-refractivity contribution in [3.05, 3.63) is 12.7 Å². The second kappa shape index (κ2) is 18.3. The number of unbranched alkanes of at least 4 members (excludes halogenated alkanes) is 14. The van der Waals surface area contributed by atoms with Crippen molar-refractivity contribution in [2.24, 2.45) is 0 Å². The molecule has 3 N–H and O–H groups in total. The summed E-state index contributed by atoms with van der Waals surface area (Å²) in [6, 6.07) is 0. The van der Waals surface area contributed by atoms with Crippen LogP contribution in [0.3, 0.4) is 0 Å². The van der Waals surface area contributed by atoms with Crippen LogP contribution in [0.2, 0.25) is 0 Å². The molecule has 0 saturated carbocycles. The smallest absolute Gasteiger partial charge is 0.114 e. The van der Waals surface area contributed by atoms with Crippen LogP contribution in [0.5, 0.6) is 0 Å². The second-order valence-electron chi connectivity index (χ2n) is 8.48. The van der Waals surface area contributed by atoms with Crippen molar-refractivity contribution in [2.75, 3.05) is 19.8 Å². The first-order chi connectivity index (χ1) is 14.2. The van der Waals surface area contributed by atoms with Gasteiger partial charge in [0, 0.05) is 6.61 Å². The third-order valence-corrected chi connectivity index (χ3v) is 5.84. The highest BCUT2D eigenvalue weighted by molar-refractivity contribution is 4.89. The third-order valence-electron chi connectivity index (χ3n) is 5.84. The predicted octanol–water partition coefficient (Wildman–Crippen LogP) is 4.52. The molecule has 172 valence electrons. The van der Waals surface area contributed by atoms with E-state index in [0.717, 1.165) is 12.8 Å². The fourth-order valence-corrected chi connectivity index (χ4v) is 3.99. The van der Waals surface area contributed by atoms with Gasteiger partial charge in [0.25, 0.3) is 0 Å². The van der Waals surface area contributed by atoms with Gasteiger partial charge in [-0.25, -0.2) is 0 Å². The second-order valence-corrected chi connectivity index (χ2v) is 8.48. The Morgan fingerprint density at radius 3 is 1.83 bits per heavy atom. The van der Waals surface area contributed by atoms with Gasteiger partial charge in [-0.2, -0.15) is 0 Å². The summed E-state index contributed by atoms with van der Waals surface area (Å²) in [6.45, 7) is 4.10. The van der Waals surface area contributed by atoms with Crippen LogP contribution in [0.1, 0.15) is 96.3 Å². The van der Waals surface area contributed by atoms with Gasteiger partial charge in [0.15, 0.2) is 0 Å². The first-order valence-corrected chi connectivity index (χ1v) is 12.0. The minimum absolute atomic E-state index is 0.155. The maximum Gasteiger partial charge on any atom is 0.114 e. The van der Waals surface area contributed by atoms with E-state index in [0.29, 0.717) is 6.61 Å². The molecule has 0 aromatic carbocycles. The fourth-order valence-electron chi connectivity index (χ4n) is 3.99. The molecule has 0 amide bonds. The summed E-state index contributed by atoms with van der Waals surface area (Å²) in [5, 5.41) is 28.7. The van der Waals surface area contributed by atoms with E-state index in [9.17, 15) is 10.2 Å². The van der Waals surface area contributed by atoms with Gasteiger partial charge >= 0.3 is 0 Å². The number of allylic oxidation sites excluding steroid dienone is 1. The van der Waals surface area contributed by atoms with Gasteiger partial charge in [-0.1, -0.05) is 83.1 Å². The van der Waals surface area contributed by atoms with E-state index in [1.54, 1.807) is 0 Å². The largest absolute Gasteiger partial charge is 0.394 e. The van der Waals surface area contributed by atoms with Crippen LogP contribution in [0.4, 0.5) is 0 Å². The van der Waals surface area contributed by atoms with Gasteiger partial charge in [-0.3, -0.25) is 0 Å². The van der Waals surface area contributed by atoms with Gasteiger partial charge in [0.2, 0.25) is 0 Å². The number of hydrogen-bond acceptors (Lipinski definition) is 5. The molecule has 1 heterocycles. The fraction of sp³-hybridized carbons (Fsp3) is 0.917. The molecule has 1 aliphatic heterocycles. The number of rotatable bonds is 20. The van der Waals surface area contributed by atoms with Crippen LogP contribution in [0, 0.1) is 0 Å². The normalized spacial score (nSPS) is 22.8. The average molecular weight is 415 g/mol. The van der Waals surface area contributed by atoms with Gasteiger partial charge in [-0.05, 0) is 19.3 Å². The highest BCUT2D eigenvalue weighted by Crippen LogP contribution is 2.21. The lowest BCUT2D eigenvalue weighted by atomic mass is 10.0. The monoisotopic (exact) mass is 414 g/mol. The Bertz CT molecular complexity index is 376. The number of hydrogen-bond donors (Lipinski definition) is 3. The van der Waals surface area contributed by atoms with Gasteiger partial charge < -0.3 is 24.8 Å². The van der Waals surface area contributed by atoms with E-state index in [1.807, 2.05) is 6.08 Å².